The highest BCUT2D eigenvalue weighted by molar-refractivity contribution is 5.96. The summed E-state index contributed by atoms with van der Waals surface area (Å²) < 4.78 is 22.8. The fraction of sp³-hybridized carbons (Fsp3) is 0.143. The zero-order chi connectivity index (χ0) is 15.2. The van der Waals surface area contributed by atoms with Gasteiger partial charge in [-0.3, -0.25) is 20.4 Å². The van der Waals surface area contributed by atoms with E-state index in [1.807, 2.05) is 0 Å². The Morgan fingerprint density at radius 2 is 1.90 bits per heavy atom. The van der Waals surface area contributed by atoms with Crippen LogP contribution in [0.5, 0.6) is 5.75 Å². The molecule has 0 saturated heterocycles. The van der Waals surface area contributed by atoms with Crippen LogP contribution in [0.3, 0.4) is 0 Å². The third kappa shape index (κ3) is 4.07. The first-order valence-electron chi connectivity index (χ1n) is 6.08. The lowest BCUT2D eigenvalue weighted by atomic mass is 10.2. The van der Waals surface area contributed by atoms with Crippen molar-refractivity contribution < 1.29 is 23.1 Å². The minimum Gasteiger partial charge on any atom is -0.484 e. The molecule has 0 saturated carbocycles. The predicted molar refractivity (Wildman–Crippen MR) is 70.9 cm³/mol. The highest BCUT2D eigenvalue weighted by atomic mass is 19.1. The second kappa shape index (κ2) is 6.56. The Balaban J connectivity index is 1.76. The number of hydrazine groups is 1. The van der Waals surface area contributed by atoms with Gasteiger partial charge >= 0.3 is 0 Å². The average Bonchev–Trinajstić information content (AvgIpc) is 2.90. The molecule has 110 valence electrons. The molecule has 6 nitrogen and oxygen atoms in total. The molecule has 0 unspecified atom stereocenters. The van der Waals surface area contributed by atoms with E-state index < -0.39 is 17.6 Å². The summed E-state index contributed by atoms with van der Waals surface area (Å²) in [5, 5.41) is 0. The SMILES string of the molecule is Cc1occc1C(=O)NNC(=O)COc1ccc(F)cc1. The van der Waals surface area contributed by atoms with E-state index in [-0.39, 0.29) is 6.61 Å². The third-order valence-corrected chi connectivity index (χ3v) is 2.60. The number of hydrogen-bond acceptors (Lipinski definition) is 4. The number of halogens is 1. The van der Waals surface area contributed by atoms with E-state index in [1.165, 1.54) is 36.6 Å². The van der Waals surface area contributed by atoms with Crippen molar-refractivity contribution in [3.63, 3.8) is 0 Å². The first-order chi connectivity index (χ1) is 10.1. The van der Waals surface area contributed by atoms with Gasteiger partial charge in [-0.1, -0.05) is 0 Å². The minimum absolute atomic E-state index is 0.309. The summed E-state index contributed by atoms with van der Waals surface area (Å²) in [4.78, 5) is 23.2. The largest absolute Gasteiger partial charge is 0.484 e. The minimum atomic E-state index is -0.547. The smallest absolute Gasteiger partial charge is 0.276 e. The van der Waals surface area contributed by atoms with Crippen LogP contribution in [-0.4, -0.2) is 18.4 Å². The molecule has 7 heteroatoms. The van der Waals surface area contributed by atoms with E-state index in [0.29, 0.717) is 17.1 Å². The Morgan fingerprint density at radius 1 is 1.19 bits per heavy atom. The van der Waals surface area contributed by atoms with Gasteiger partial charge in [-0.2, -0.15) is 0 Å². The Hall–Kier alpha value is -2.83. The molecule has 0 aliphatic heterocycles. The van der Waals surface area contributed by atoms with Gasteiger partial charge in [-0.05, 0) is 37.3 Å². The van der Waals surface area contributed by atoms with E-state index in [9.17, 15) is 14.0 Å². The molecule has 1 heterocycles. The average molecular weight is 292 g/mol. The molecule has 0 spiro atoms. The summed E-state index contributed by atoms with van der Waals surface area (Å²) in [6.45, 7) is 1.32. The number of aryl methyl sites for hydroxylation is 1. The van der Waals surface area contributed by atoms with E-state index in [2.05, 4.69) is 10.9 Å². The van der Waals surface area contributed by atoms with Crippen LogP contribution in [-0.2, 0) is 4.79 Å². The van der Waals surface area contributed by atoms with Crippen molar-refractivity contribution in [1.29, 1.82) is 0 Å². The lowest BCUT2D eigenvalue weighted by Gasteiger charge is -2.08. The fourth-order valence-corrected chi connectivity index (χ4v) is 1.53. The number of nitrogens with one attached hydrogen (secondary N) is 2. The molecule has 1 aromatic heterocycles. The van der Waals surface area contributed by atoms with E-state index in [0.717, 1.165) is 0 Å². The second-order valence-electron chi connectivity index (χ2n) is 4.14. The molecule has 2 amide bonds. The van der Waals surface area contributed by atoms with Crippen molar-refractivity contribution in [3.8, 4) is 5.75 Å². The topological polar surface area (TPSA) is 80.6 Å². The van der Waals surface area contributed by atoms with E-state index >= 15 is 0 Å². The van der Waals surface area contributed by atoms with Crippen molar-refractivity contribution in [2.75, 3.05) is 6.61 Å². The van der Waals surface area contributed by atoms with Crippen LogP contribution < -0.4 is 15.6 Å². The van der Waals surface area contributed by atoms with E-state index in [4.69, 9.17) is 9.15 Å². The van der Waals surface area contributed by atoms with Crippen LogP contribution in [0.2, 0.25) is 0 Å². The maximum Gasteiger partial charge on any atom is 0.276 e. The van der Waals surface area contributed by atoms with Gasteiger partial charge in [-0.25, -0.2) is 4.39 Å². The van der Waals surface area contributed by atoms with Crippen molar-refractivity contribution in [2.24, 2.45) is 0 Å². The number of carbonyl (C=O) groups excluding carboxylic acids is 2. The standard InChI is InChI=1S/C14H13FN2O4/c1-9-12(6-7-20-9)14(19)17-16-13(18)8-21-11-4-2-10(15)3-5-11/h2-7H,8H2,1H3,(H,16,18)(H,17,19). The molecule has 1 aromatic carbocycles. The molecule has 2 rings (SSSR count). The molecule has 0 fully saturated rings. The zero-order valence-electron chi connectivity index (χ0n) is 11.2. The number of hydrogen-bond donors (Lipinski definition) is 2. The molecule has 0 aliphatic rings. The van der Waals surface area contributed by atoms with Gasteiger partial charge in [0.05, 0.1) is 11.8 Å². The van der Waals surface area contributed by atoms with Crippen LogP contribution in [0.1, 0.15) is 16.1 Å². The van der Waals surface area contributed by atoms with Crippen molar-refractivity contribution in [1.82, 2.24) is 10.9 Å². The lowest BCUT2D eigenvalue weighted by molar-refractivity contribution is -0.123. The zero-order valence-corrected chi connectivity index (χ0v) is 11.2. The summed E-state index contributed by atoms with van der Waals surface area (Å²) >= 11 is 0. The maximum atomic E-state index is 12.7. The molecular weight excluding hydrogens is 279 g/mol. The molecule has 0 bridgehead atoms. The van der Waals surface area contributed by atoms with Crippen molar-refractivity contribution in [2.45, 2.75) is 6.92 Å². The van der Waals surface area contributed by atoms with Gasteiger partial charge in [0.15, 0.2) is 6.61 Å². The number of carbonyl (C=O) groups is 2. The molecule has 21 heavy (non-hydrogen) atoms. The van der Waals surface area contributed by atoms with E-state index in [1.54, 1.807) is 6.92 Å². The molecule has 0 atom stereocenters. The Labute approximate surface area is 119 Å². The molecule has 0 radical (unpaired) electrons. The van der Waals surface area contributed by atoms with Crippen LogP contribution in [0.15, 0.2) is 41.0 Å². The number of amides is 2. The summed E-state index contributed by atoms with van der Waals surface area (Å²) in [5.74, 6) is -0.632. The first-order valence-corrected chi connectivity index (χ1v) is 6.08. The van der Waals surface area contributed by atoms with Gasteiger partial charge in [0, 0.05) is 0 Å². The molecular formula is C14H13FN2O4. The van der Waals surface area contributed by atoms with Crippen molar-refractivity contribution in [3.05, 3.63) is 53.7 Å². The van der Waals surface area contributed by atoms with Gasteiger partial charge in [0.2, 0.25) is 0 Å². The number of rotatable bonds is 4. The highest BCUT2D eigenvalue weighted by Crippen LogP contribution is 2.10. The summed E-state index contributed by atoms with van der Waals surface area (Å²) in [6.07, 6.45) is 1.38. The van der Waals surface area contributed by atoms with Gasteiger partial charge < -0.3 is 9.15 Å². The monoisotopic (exact) mass is 292 g/mol. The highest BCUT2D eigenvalue weighted by Gasteiger charge is 2.12. The quantitative estimate of drug-likeness (QED) is 0.838. The molecule has 2 aromatic rings. The predicted octanol–water partition coefficient (Wildman–Crippen LogP) is 1.57. The molecule has 2 N–H and O–H groups in total. The lowest BCUT2D eigenvalue weighted by Crippen LogP contribution is -2.43. The first kappa shape index (κ1) is 14.6. The fourth-order valence-electron chi connectivity index (χ4n) is 1.53. The third-order valence-electron chi connectivity index (χ3n) is 2.60. The number of ether oxygens (including phenoxy) is 1. The summed E-state index contributed by atoms with van der Waals surface area (Å²) in [5.41, 5.74) is 4.76. The number of benzene rings is 1. The van der Waals surface area contributed by atoms with Gasteiger partial charge in [0.1, 0.15) is 17.3 Å². The Kier molecular flexibility index (Phi) is 4.55. The van der Waals surface area contributed by atoms with Gasteiger partial charge in [0.25, 0.3) is 11.8 Å². The Morgan fingerprint density at radius 3 is 2.52 bits per heavy atom. The maximum absolute atomic E-state index is 12.7. The van der Waals surface area contributed by atoms with Crippen LogP contribution in [0.4, 0.5) is 4.39 Å². The van der Waals surface area contributed by atoms with Crippen LogP contribution in [0.25, 0.3) is 0 Å². The Bertz CT molecular complexity index is 637. The molecule has 0 aliphatic carbocycles. The second-order valence-corrected chi connectivity index (χ2v) is 4.14. The summed E-state index contributed by atoms with van der Waals surface area (Å²) in [7, 11) is 0. The van der Waals surface area contributed by atoms with Crippen LogP contribution >= 0.6 is 0 Å². The van der Waals surface area contributed by atoms with Crippen LogP contribution in [0, 0.1) is 12.7 Å². The number of furan rings is 1. The van der Waals surface area contributed by atoms with Gasteiger partial charge in [-0.15, -0.1) is 0 Å². The summed E-state index contributed by atoms with van der Waals surface area (Å²) in [6, 6.07) is 6.73. The van der Waals surface area contributed by atoms with Crippen molar-refractivity contribution >= 4 is 11.8 Å². The normalized spacial score (nSPS) is 10.0.